The van der Waals surface area contributed by atoms with Crippen LogP contribution in [0.4, 0.5) is 0 Å². The van der Waals surface area contributed by atoms with Crippen LogP contribution < -0.4 is 0 Å². The van der Waals surface area contributed by atoms with Gasteiger partial charge in [-0.2, -0.15) is 9.97 Å². The molecular weight excluding hydrogens is 635 g/mol. The zero-order valence-corrected chi connectivity index (χ0v) is 27.2. The summed E-state index contributed by atoms with van der Waals surface area (Å²) in [7, 11) is 0. The van der Waals surface area contributed by atoms with Crippen molar-refractivity contribution in [3.63, 3.8) is 0 Å². The predicted octanol–water partition coefficient (Wildman–Crippen LogP) is 11.7. The van der Waals surface area contributed by atoms with Gasteiger partial charge in [0.2, 0.25) is 5.95 Å². The van der Waals surface area contributed by atoms with Crippen LogP contribution in [0.5, 0.6) is 0 Å². The summed E-state index contributed by atoms with van der Waals surface area (Å²) >= 11 is 0. The van der Waals surface area contributed by atoms with Gasteiger partial charge in [0.15, 0.2) is 11.6 Å². The number of hydrogen-bond acceptors (Lipinski definition) is 3. The van der Waals surface area contributed by atoms with Crippen LogP contribution in [0.25, 0.3) is 99.6 Å². The zero-order valence-electron chi connectivity index (χ0n) is 37.2. The average Bonchev–Trinajstić information content (AvgIpc) is 3.81. The van der Waals surface area contributed by atoms with Crippen molar-refractivity contribution in [2.24, 2.45) is 0 Å². The SMILES string of the molecule is [2H]c1c([2H])c([2H])c(-c2nc(-c3c([2H])c([2H])c([2H])c([2H])c3[2H])nc(-n3c4ccccc4c4c5c6ccccc6n(-c6cccc7ccc8ccccc8c67)c5ccc43)n2)c([2H])c1[2H]. The van der Waals surface area contributed by atoms with E-state index in [1.807, 2.05) is 54.6 Å². The van der Waals surface area contributed by atoms with Gasteiger partial charge in [0.05, 0.1) is 41.5 Å². The number of nitrogens with zero attached hydrogens (tertiary/aromatic N) is 5. The molecule has 0 radical (unpaired) electrons. The molecule has 0 bridgehead atoms. The highest BCUT2D eigenvalue weighted by Gasteiger charge is 2.23. The molecule has 0 aliphatic rings. The van der Waals surface area contributed by atoms with Crippen LogP contribution in [0.15, 0.2) is 176 Å². The molecule has 0 aliphatic heterocycles. The molecule has 8 aromatic carbocycles. The quantitative estimate of drug-likeness (QED) is 0.175. The van der Waals surface area contributed by atoms with E-state index in [9.17, 15) is 0 Å². The first kappa shape index (κ1) is 20.5. The molecule has 0 atom stereocenters. The van der Waals surface area contributed by atoms with Crippen molar-refractivity contribution in [3.05, 3.63) is 176 Å². The Hall–Kier alpha value is -7.11. The second-order valence-electron chi connectivity index (χ2n) is 12.5. The summed E-state index contributed by atoms with van der Waals surface area (Å²) in [4.78, 5) is 14.1. The average molecular weight is 674 g/mol. The van der Waals surface area contributed by atoms with Gasteiger partial charge in [0.25, 0.3) is 0 Å². The van der Waals surface area contributed by atoms with Crippen molar-refractivity contribution < 1.29 is 13.7 Å². The Bertz CT molecular complexity index is 3640. The Morgan fingerprint density at radius 3 is 1.56 bits per heavy atom. The van der Waals surface area contributed by atoms with Crippen LogP contribution >= 0.6 is 0 Å². The van der Waals surface area contributed by atoms with E-state index >= 15 is 0 Å². The van der Waals surface area contributed by atoms with E-state index in [1.54, 1.807) is 4.57 Å². The molecule has 0 spiro atoms. The Morgan fingerprint density at radius 1 is 0.385 bits per heavy atom. The monoisotopic (exact) mass is 673 g/mol. The summed E-state index contributed by atoms with van der Waals surface area (Å²) in [5, 5.41) is 8.12. The van der Waals surface area contributed by atoms with E-state index in [0.29, 0.717) is 11.0 Å². The predicted molar refractivity (Wildman–Crippen MR) is 214 cm³/mol. The first-order chi connectivity index (χ1) is 30.0. The summed E-state index contributed by atoms with van der Waals surface area (Å²) in [5.41, 5.74) is 3.60. The first-order valence-corrected chi connectivity index (χ1v) is 16.7. The number of fused-ring (bicyclic) bond motifs is 10. The fraction of sp³-hybridized carbons (Fsp3) is 0. The van der Waals surface area contributed by atoms with E-state index in [0.717, 1.165) is 59.8 Å². The molecule has 0 saturated carbocycles. The topological polar surface area (TPSA) is 48.5 Å². The molecule has 11 rings (SSSR count). The lowest BCUT2D eigenvalue weighted by atomic mass is 10.0. The summed E-state index contributed by atoms with van der Waals surface area (Å²) in [6.07, 6.45) is 0. The molecule has 3 heterocycles. The molecule has 0 unspecified atom stereocenters. The van der Waals surface area contributed by atoms with Crippen LogP contribution in [0, 0.1) is 0 Å². The first-order valence-electron chi connectivity index (χ1n) is 21.7. The van der Waals surface area contributed by atoms with Crippen molar-refractivity contribution in [1.29, 1.82) is 0 Å². The van der Waals surface area contributed by atoms with Gasteiger partial charge < -0.3 is 4.57 Å². The molecule has 0 aliphatic carbocycles. The molecule has 52 heavy (non-hydrogen) atoms. The van der Waals surface area contributed by atoms with Gasteiger partial charge in [0.1, 0.15) is 0 Å². The van der Waals surface area contributed by atoms with Crippen LogP contribution in [-0.4, -0.2) is 24.1 Å². The van der Waals surface area contributed by atoms with Gasteiger partial charge in [-0.1, -0.05) is 145 Å². The van der Waals surface area contributed by atoms with Crippen LogP contribution in [-0.2, 0) is 0 Å². The lowest BCUT2D eigenvalue weighted by Crippen LogP contribution is -2.06. The van der Waals surface area contributed by atoms with E-state index in [1.165, 1.54) is 0 Å². The molecule has 0 fully saturated rings. The number of para-hydroxylation sites is 2. The van der Waals surface area contributed by atoms with Crippen molar-refractivity contribution in [1.82, 2.24) is 24.1 Å². The third-order valence-corrected chi connectivity index (χ3v) is 9.73. The number of hydrogen-bond donors (Lipinski definition) is 0. The van der Waals surface area contributed by atoms with E-state index in [4.69, 9.17) is 23.7 Å². The molecule has 3 aromatic heterocycles. The highest BCUT2D eigenvalue weighted by atomic mass is 15.2. The summed E-state index contributed by atoms with van der Waals surface area (Å²) in [6, 6.07) is 33.0. The third-order valence-electron chi connectivity index (χ3n) is 9.73. The molecule has 0 amide bonds. The van der Waals surface area contributed by atoms with Crippen LogP contribution in [0.2, 0.25) is 0 Å². The standard InChI is InChI=1S/C47H29N5/c1-3-15-32(16-4-1)45-48-46(33-17-5-2-6-18-33)50-47(49-45)52-38-24-12-10-22-36(38)44-41(52)29-28-40-43(44)35-21-9-11-23-37(35)51(40)39-25-13-19-31-27-26-30-14-7-8-20-34(30)42(31)39/h1-29H/i1D,2D,3D,4D,5D,6D,15D,16D,17D,18D. The highest BCUT2D eigenvalue weighted by molar-refractivity contribution is 6.29. The number of benzene rings is 8. The van der Waals surface area contributed by atoms with Gasteiger partial charge in [-0.15, -0.1) is 0 Å². The summed E-state index contributed by atoms with van der Waals surface area (Å²) in [5.74, 6) is -0.723. The minimum absolute atomic E-state index is 0.0570. The van der Waals surface area contributed by atoms with Crippen LogP contribution in [0.3, 0.4) is 0 Å². The Labute approximate surface area is 312 Å². The number of aromatic nitrogens is 5. The van der Waals surface area contributed by atoms with Crippen molar-refractivity contribution in [2.45, 2.75) is 0 Å². The second kappa shape index (κ2) is 11.2. The van der Waals surface area contributed by atoms with E-state index < -0.39 is 60.4 Å². The van der Waals surface area contributed by atoms with E-state index in [2.05, 4.69) is 70.2 Å². The van der Waals surface area contributed by atoms with Crippen LogP contribution in [0.1, 0.15) is 13.7 Å². The summed E-state index contributed by atoms with van der Waals surface area (Å²) < 4.78 is 89.6. The molecule has 11 aromatic rings. The van der Waals surface area contributed by atoms with Gasteiger partial charge in [-0.3, -0.25) is 4.57 Å². The van der Waals surface area contributed by atoms with Gasteiger partial charge in [0, 0.05) is 38.1 Å². The van der Waals surface area contributed by atoms with E-state index in [-0.39, 0.29) is 28.7 Å². The smallest absolute Gasteiger partial charge is 0.238 e. The minimum atomic E-state index is -0.609. The maximum absolute atomic E-state index is 8.83. The van der Waals surface area contributed by atoms with Crippen molar-refractivity contribution in [3.8, 4) is 34.4 Å². The lowest BCUT2D eigenvalue weighted by Gasteiger charge is -2.14. The molecule has 0 saturated heterocycles. The molecule has 5 heteroatoms. The lowest BCUT2D eigenvalue weighted by molar-refractivity contribution is 0.953. The molecular formula is C47H29N5. The third kappa shape index (κ3) is 4.20. The van der Waals surface area contributed by atoms with Gasteiger partial charge in [-0.25, -0.2) is 4.98 Å². The van der Waals surface area contributed by atoms with Crippen molar-refractivity contribution >= 4 is 65.2 Å². The maximum atomic E-state index is 8.83. The Kier molecular flexibility index (Phi) is 4.42. The Balaban J connectivity index is 1.28. The van der Waals surface area contributed by atoms with Gasteiger partial charge >= 0.3 is 0 Å². The van der Waals surface area contributed by atoms with Gasteiger partial charge in [-0.05, 0) is 46.5 Å². The normalized spacial score (nSPS) is 14.5. The second-order valence-corrected chi connectivity index (χ2v) is 12.5. The molecule has 242 valence electrons. The van der Waals surface area contributed by atoms with Crippen molar-refractivity contribution in [2.75, 3.05) is 0 Å². The minimum Gasteiger partial charge on any atom is -0.309 e. The Morgan fingerprint density at radius 2 is 0.904 bits per heavy atom. The maximum Gasteiger partial charge on any atom is 0.238 e. The largest absolute Gasteiger partial charge is 0.309 e. The molecule has 5 nitrogen and oxygen atoms in total. The fourth-order valence-corrected chi connectivity index (χ4v) is 7.63. The highest BCUT2D eigenvalue weighted by Crippen LogP contribution is 2.43. The number of rotatable bonds is 4. The fourth-order valence-electron chi connectivity index (χ4n) is 7.63. The zero-order chi connectivity index (χ0) is 42.9. The molecule has 0 N–H and O–H groups in total. The summed E-state index contributed by atoms with van der Waals surface area (Å²) in [6.45, 7) is 0.